The van der Waals surface area contributed by atoms with Crippen LogP contribution in [0.3, 0.4) is 0 Å². The zero-order valence-electron chi connectivity index (χ0n) is 52.9. The lowest BCUT2D eigenvalue weighted by Gasteiger charge is -2.47. The second-order valence-electron chi connectivity index (χ2n) is 21.3. The van der Waals surface area contributed by atoms with Crippen LogP contribution in [-0.2, 0) is 143 Å². The normalized spacial score (nSPS) is 26.4. The van der Waals surface area contributed by atoms with Crippen LogP contribution in [-0.4, -0.2) is 216 Å². The van der Waals surface area contributed by atoms with E-state index in [4.69, 9.17) is 100 Å². The number of benzene rings is 2. The van der Waals surface area contributed by atoms with Crippen LogP contribution < -0.4 is 0 Å². The van der Waals surface area contributed by atoms with Crippen LogP contribution in [0.1, 0.15) is 94.9 Å². The topological polar surface area (TPSA) is 415 Å². The van der Waals surface area contributed by atoms with Gasteiger partial charge in [-0.05, 0) is 24.3 Å². The maximum Gasteiger partial charge on any atom is 0.303 e. The smallest absolute Gasteiger partial charge is 0.303 e. The van der Waals surface area contributed by atoms with Crippen molar-refractivity contribution in [1.82, 2.24) is 19.7 Å². The second kappa shape index (κ2) is 32.5. The van der Waals surface area contributed by atoms with Crippen molar-refractivity contribution >= 4 is 93.8 Å². The Bertz CT molecular complexity index is 3450. The molecule has 3 fully saturated rings. The summed E-state index contributed by atoms with van der Waals surface area (Å²) in [5, 5.41) is 4.80. The van der Waals surface area contributed by atoms with Crippen molar-refractivity contribution in [3.63, 3.8) is 0 Å². The minimum atomic E-state index is -2.02. The van der Waals surface area contributed by atoms with Gasteiger partial charge in [0.15, 0.2) is 91.7 Å². The molecule has 0 bridgehead atoms. The van der Waals surface area contributed by atoms with Gasteiger partial charge in [0.1, 0.15) is 36.1 Å². The van der Waals surface area contributed by atoms with E-state index in [-0.39, 0.29) is 16.9 Å². The molecule has 3 aliphatic heterocycles. The summed E-state index contributed by atoms with van der Waals surface area (Å²) < 4.78 is 107. The molecule has 34 heteroatoms. The SMILES string of the molecule is CC(=O)OCC1OC(OCC2OC(OC[C@H]3O[C@H](OCC(OC(C)=O)C(OC(C)=O)c4nn(-c5ccccc5)c5nc6ccccc6nc45)[C@H](OC(C)=O)[C@@H](OC(C)=O)[C@@H]3OC(C)=O)C(OC(C)=O)C(OC(C)=O)C2OC(C)=O)C(OC(C)=O)C(OC(C)=O)C1OC(C)=O. The van der Waals surface area contributed by atoms with Gasteiger partial charge >= 0.3 is 71.6 Å². The largest absolute Gasteiger partial charge is 0.463 e. The number of ether oxygens (including phenoxy) is 18. The summed E-state index contributed by atoms with van der Waals surface area (Å²) in [5.74, 6) is -11.8. The van der Waals surface area contributed by atoms with E-state index in [1.54, 1.807) is 54.6 Å². The van der Waals surface area contributed by atoms with E-state index in [1.807, 2.05) is 0 Å². The zero-order valence-corrected chi connectivity index (χ0v) is 52.9. The summed E-state index contributed by atoms with van der Waals surface area (Å²) in [4.78, 5) is 164. The summed E-state index contributed by atoms with van der Waals surface area (Å²) in [5.41, 5.74) is 1.55. The Morgan fingerprint density at radius 2 is 0.745 bits per heavy atom. The predicted molar refractivity (Wildman–Crippen MR) is 305 cm³/mol. The molecule has 94 heavy (non-hydrogen) atoms. The monoisotopic (exact) mass is 1330 g/mol. The highest BCUT2D eigenvalue weighted by Gasteiger charge is 2.58. The average molecular weight is 1330 g/mol. The van der Waals surface area contributed by atoms with E-state index in [2.05, 4.69) is 0 Å². The van der Waals surface area contributed by atoms with E-state index < -0.39 is 202 Å². The van der Waals surface area contributed by atoms with E-state index in [9.17, 15) is 57.5 Å². The molecule has 34 nitrogen and oxygen atoms in total. The molecule has 0 aliphatic carbocycles. The van der Waals surface area contributed by atoms with Crippen molar-refractivity contribution in [2.75, 3.05) is 26.4 Å². The number of hydrogen-bond donors (Lipinski definition) is 0. The van der Waals surface area contributed by atoms with Gasteiger partial charge in [0.2, 0.25) is 0 Å². The Kier molecular flexibility index (Phi) is 24.9. The highest BCUT2D eigenvalue weighted by Crippen LogP contribution is 2.37. The zero-order chi connectivity index (χ0) is 68.8. The molecule has 2 aromatic carbocycles. The van der Waals surface area contributed by atoms with Gasteiger partial charge < -0.3 is 85.3 Å². The molecular weight excluding hydrogens is 1260 g/mol. The molecule has 7 rings (SSSR count). The van der Waals surface area contributed by atoms with Crippen LogP contribution in [0, 0.1) is 0 Å². The molecule has 2 aromatic heterocycles. The molecule has 5 heterocycles. The van der Waals surface area contributed by atoms with Crippen molar-refractivity contribution in [1.29, 1.82) is 0 Å². The van der Waals surface area contributed by atoms with Gasteiger partial charge in [0.05, 0.1) is 36.5 Å². The quantitative estimate of drug-likeness (QED) is 0.0672. The minimum Gasteiger partial charge on any atom is -0.463 e. The Morgan fingerprint density at radius 1 is 0.394 bits per heavy atom. The molecule has 3 aliphatic rings. The first-order valence-corrected chi connectivity index (χ1v) is 29.0. The van der Waals surface area contributed by atoms with Crippen molar-refractivity contribution in [3.8, 4) is 5.69 Å². The molecule has 510 valence electrons. The number of carbonyl (C=O) groups is 12. The van der Waals surface area contributed by atoms with E-state index >= 15 is 0 Å². The van der Waals surface area contributed by atoms with Gasteiger partial charge in [-0.15, -0.1) is 0 Å². The van der Waals surface area contributed by atoms with Crippen molar-refractivity contribution in [2.45, 2.75) is 187 Å². The lowest BCUT2D eigenvalue weighted by atomic mass is 9.96. The molecule has 0 spiro atoms. The molecule has 12 unspecified atom stereocenters. The van der Waals surface area contributed by atoms with Gasteiger partial charge in [-0.3, -0.25) is 57.5 Å². The number of carbonyl (C=O) groups excluding carboxylic acids is 12. The Labute approximate surface area is 534 Å². The first kappa shape index (κ1) is 72.1. The maximum atomic E-state index is 13.2. The van der Waals surface area contributed by atoms with Crippen molar-refractivity contribution in [3.05, 3.63) is 60.3 Å². The van der Waals surface area contributed by atoms with Gasteiger partial charge in [-0.25, -0.2) is 14.6 Å². The number of esters is 12. The fraction of sp³-hybridized carbons (Fsp3) is 0.550. The highest BCUT2D eigenvalue weighted by atomic mass is 16.8. The summed E-state index contributed by atoms with van der Waals surface area (Å²) >= 11 is 0. The second-order valence-corrected chi connectivity index (χ2v) is 21.3. The van der Waals surface area contributed by atoms with Crippen LogP contribution in [0.2, 0.25) is 0 Å². The van der Waals surface area contributed by atoms with Crippen LogP contribution in [0.15, 0.2) is 54.6 Å². The number of rotatable bonds is 25. The van der Waals surface area contributed by atoms with Gasteiger partial charge in [0, 0.05) is 83.1 Å². The third-order valence-electron chi connectivity index (χ3n) is 13.6. The lowest BCUT2D eigenvalue weighted by Crippen LogP contribution is -2.66. The van der Waals surface area contributed by atoms with E-state index in [0.29, 0.717) is 16.7 Å². The number of hydrogen-bond acceptors (Lipinski definition) is 33. The molecule has 3 saturated heterocycles. The van der Waals surface area contributed by atoms with E-state index in [1.165, 1.54) is 4.68 Å². The van der Waals surface area contributed by atoms with Gasteiger partial charge in [-0.2, -0.15) is 5.10 Å². The number of nitrogens with zero attached hydrogens (tertiary/aromatic N) is 4. The van der Waals surface area contributed by atoms with Crippen molar-refractivity contribution in [2.24, 2.45) is 0 Å². The van der Waals surface area contributed by atoms with Crippen LogP contribution in [0.5, 0.6) is 0 Å². The third-order valence-corrected chi connectivity index (χ3v) is 13.6. The molecule has 0 amide bonds. The molecule has 0 radical (unpaired) electrons. The molecule has 17 atom stereocenters. The molecule has 4 aromatic rings. The number of para-hydroxylation sites is 3. The first-order chi connectivity index (χ1) is 44.5. The lowest BCUT2D eigenvalue weighted by molar-refractivity contribution is -0.346. The molecule has 0 N–H and O–H groups in total. The Morgan fingerprint density at radius 3 is 1.13 bits per heavy atom. The van der Waals surface area contributed by atoms with Crippen LogP contribution in [0.4, 0.5) is 0 Å². The Hall–Kier alpha value is -9.35. The first-order valence-electron chi connectivity index (χ1n) is 29.0. The fourth-order valence-electron chi connectivity index (χ4n) is 10.5. The standard InChI is InChI=1S/C60H70N4O30/c1-26(65)77-22-42-48(83-29(4)68)51(86-32(7)71)54(89-35(10)74)59(92-42)79-24-44-50(85-31(6)70)53(88-34(9)73)56(91-37(12)76)60(94-44)80-25-43-49(84-30(5)69)52(87-33(8)72)55(90-36(11)75)58(93-43)78-23-41(81-27(2)66)47(82-28(3)67)45-46-57(62-40-21-17-16-20-39(40)61-46)64(63-45)38-18-14-13-15-19-38/h13-21,41-44,47-56,58-60H,22-25H2,1-12H3/t41?,42?,43-,44?,47?,48?,49-,50?,51?,52+,53?,54?,55-,56?,58+,59?,60?/m1/s1. The average Bonchev–Trinajstić information content (AvgIpc) is 1.59. The van der Waals surface area contributed by atoms with Crippen LogP contribution >= 0.6 is 0 Å². The number of aromatic nitrogens is 4. The number of fused-ring (bicyclic) bond motifs is 2. The van der Waals surface area contributed by atoms with Crippen LogP contribution in [0.25, 0.3) is 27.9 Å². The molecule has 0 saturated carbocycles. The van der Waals surface area contributed by atoms with Gasteiger partial charge in [0.25, 0.3) is 0 Å². The fourth-order valence-corrected chi connectivity index (χ4v) is 10.5. The third kappa shape index (κ3) is 19.1. The summed E-state index contributed by atoms with van der Waals surface area (Å²) in [6, 6.07) is 15.5. The Balaban J connectivity index is 1.28. The maximum absolute atomic E-state index is 13.2. The predicted octanol–water partition coefficient (Wildman–Crippen LogP) is 1.68. The summed E-state index contributed by atoms with van der Waals surface area (Å²) in [7, 11) is 0. The van der Waals surface area contributed by atoms with Crippen molar-refractivity contribution < 1.29 is 143 Å². The highest BCUT2D eigenvalue weighted by molar-refractivity contribution is 5.87. The van der Waals surface area contributed by atoms with E-state index in [0.717, 1.165) is 83.1 Å². The summed E-state index contributed by atoms with van der Waals surface area (Å²) in [6.07, 6.45) is -30.6. The minimum absolute atomic E-state index is 0.0817. The van der Waals surface area contributed by atoms with Gasteiger partial charge in [-0.1, -0.05) is 30.3 Å². The summed E-state index contributed by atoms with van der Waals surface area (Å²) in [6.45, 7) is 8.59. The molecular formula is C60H70N4O30.